The van der Waals surface area contributed by atoms with Gasteiger partial charge in [-0.15, -0.1) is 0 Å². The van der Waals surface area contributed by atoms with Crippen LogP contribution in [0.25, 0.3) is 0 Å². The lowest BCUT2D eigenvalue weighted by atomic mass is 10.00. The molecule has 1 N–H and O–H groups in total. The quantitative estimate of drug-likeness (QED) is 0.625. The van der Waals surface area contributed by atoms with Gasteiger partial charge in [-0.1, -0.05) is 32.4 Å². The van der Waals surface area contributed by atoms with Crippen molar-refractivity contribution < 1.29 is 4.92 Å². The third-order valence-electron chi connectivity index (χ3n) is 4.19. The molecule has 1 aromatic carbocycles. The minimum Gasteiger partial charge on any atom is -0.307 e. The van der Waals surface area contributed by atoms with E-state index in [1.807, 2.05) is 6.07 Å². The summed E-state index contributed by atoms with van der Waals surface area (Å²) in [5, 5.41) is 14.6. The lowest BCUT2D eigenvalue weighted by molar-refractivity contribution is -0.384. The molecule has 0 bridgehead atoms. The number of hydrogen-bond acceptors (Lipinski definition) is 3. The molecule has 1 saturated carbocycles. The average Bonchev–Trinajstić information content (AvgIpc) is 2.84. The number of benzene rings is 1. The normalized spacial score (nSPS) is 23.7. The second-order valence-electron chi connectivity index (χ2n) is 5.98. The van der Waals surface area contributed by atoms with Gasteiger partial charge in [0.2, 0.25) is 0 Å². The maximum absolute atomic E-state index is 10.9. The van der Waals surface area contributed by atoms with Crippen molar-refractivity contribution >= 4 is 5.69 Å². The van der Waals surface area contributed by atoms with Crippen LogP contribution in [0.4, 0.5) is 5.69 Å². The highest BCUT2D eigenvalue weighted by Crippen LogP contribution is 2.29. The van der Waals surface area contributed by atoms with E-state index in [-0.39, 0.29) is 16.7 Å². The zero-order valence-corrected chi connectivity index (χ0v) is 12.3. The number of non-ortho nitro benzene ring substituents is 1. The van der Waals surface area contributed by atoms with Gasteiger partial charge in [-0.25, -0.2) is 0 Å². The van der Waals surface area contributed by atoms with Crippen molar-refractivity contribution in [2.75, 3.05) is 0 Å². The summed E-state index contributed by atoms with van der Waals surface area (Å²) < 4.78 is 0. The first-order chi connectivity index (χ1) is 9.60. The number of nitrogens with zero attached hydrogens (tertiary/aromatic N) is 1. The van der Waals surface area contributed by atoms with Crippen LogP contribution in [0, 0.1) is 16.0 Å². The van der Waals surface area contributed by atoms with E-state index in [1.165, 1.54) is 19.3 Å². The Bertz CT molecular complexity index is 462. The lowest BCUT2D eigenvalue weighted by Crippen LogP contribution is -2.31. The van der Waals surface area contributed by atoms with Crippen LogP contribution in [0.1, 0.15) is 57.6 Å². The second kappa shape index (κ2) is 6.84. The van der Waals surface area contributed by atoms with E-state index >= 15 is 0 Å². The Labute approximate surface area is 120 Å². The van der Waals surface area contributed by atoms with Crippen LogP contribution in [0.5, 0.6) is 0 Å². The standard InChI is InChI=1S/C16H24N2O2/c1-3-5-16(17-14-9-8-12(2)10-14)13-6-4-7-15(11-13)18(19)20/h4,6-7,11-12,14,16-17H,3,5,8-10H2,1-2H3. The molecule has 0 aromatic heterocycles. The Morgan fingerprint density at radius 1 is 1.45 bits per heavy atom. The summed E-state index contributed by atoms with van der Waals surface area (Å²) in [5.41, 5.74) is 1.23. The summed E-state index contributed by atoms with van der Waals surface area (Å²) in [5.74, 6) is 0.792. The Morgan fingerprint density at radius 3 is 2.85 bits per heavy atom. The highest BCUT2D eigenvalue weighted by Gasteiger charge is 2.24. The van der Waals surface area contributed by atoms with E-state index in [2.05, 4.69) is 19.2 Å². The number of nitrogens with one attached hydrogen (secondary N) is 1. The predicted molar refractivity (Wildman–Crippen MR) is 80.7 cm³/mol. The Kier molecular flexibility index (Phi) is 5.12. The molecule has 2 rings (SSSR count). The summed E-state index contributed by atoms with van der Waals surface area (Å²) in [6.45, 7) is 4.45. The molecule has 1 aliphatic rings. The third kappa shape index (κ3) is 3.79. The van der Waals surface area contributed by atoms with Crippen molar-refractivity contribution in [3.05, 3.63) is 39.9 Å². The average molecular weight is 276 g/mol. The summed E-state index contributed by atoms with van der Waals surface area (Å²) in [4.78, 5) is 10.6. The van der Waals surface area contributed by atoms with Gasteiger partial charge in [-0.05, 0) is 37.2 Å². The molecule has 1 aromatic rings. The van der Waals surface area contributed by atoms with Crippen LogP contribution in [0.2, 0.25) is 0 Å². The maximum atomic E-state index is 10.9. The molecule has 0 spiro atoms. The molecule has 20 heavy (non-hydrogen) atoms. The van der Waals surface area contributed by atoms with Gasteiger partial charge in [0.25, 0.3) is 5.69 Å². The molecule has 0 heterocycles. The van der Waals surface area contributed by atoms with Gasteiger partial charge in [0.15, 0.2) is 0 Å². The molecule has 3 unspecified atom stereocenters. The first kappa shape index (κ1) is 15.0. The molecule has 0 amide bonds. The largest absolute Gasteiger partial charge is 0.307 e. The second-order valence-corrected chi connectivity index (χ2v) is 5.98. The molecule has 4 nitrogen and oxygen atoms in total. The molecule has 3 atom stereocenters. The zero-order valence-electron chi connectivity index (χ0n) is 12.3. The van der Waals surface area contributed by atoms with Crippen LogP contribution in [0.3, 0.4) is 0 Å². The Morgan fingerprint density at radius 2 is 2.25 bits per heavy atom. The van der Waals surface area contributed by atoms with Crippen molar-refractivity contribution in [3.8, 4) is 0 Å². The first-order valence-corrected chi connectivity index (χ1v) is 7.60. The van der Waals surface area contributed by atoms with E-state index in [4.69, 9.17) is 0 Å². The summed E-state index contributed by atoms with van der Waals surface area (Å²) >= 11 is 0. The monoisotopic (exact) mass is 276 g/mol. The zero-order chi connectivity index (χ0) is 14.5. The molecule has 0 aliphatic heterocycles. The van der Waals surface area contributed by atoms with Crippen LogP contribution in [-0.4, -0.2) is 11.0 Å². The fourth-order valence-electron chi connectivity index (χ4n) is 3.13. The van der Waals surface area contributed by atoms with Crippen molar-refractivity contribution in [2.24, 2.45) is 5.92 Å². The fourth-order valence-corrected chi connectivity index (χ4v) is 3.13. The summed E-state index contributed by atoms with van der Waals surface area (Å²) in [7, 11) is 0. The minimum absolute atomic E-state index is 0.185. The van der Waals surface area contributed by atoms with Crippen LogP contribution < -0.4 is 5.32 Å². The molecule has 1 fully saturated rings. The van der Waals surface area contributed by atoms with E-state index in [0.29, 0.717) is 6.04 Å². The number of nitro benzene ring substituents is 1. The van der Waals surface area contributed by atoms with E-state index in [0.717, 1.165) is 24.3 Å². The van der Waals surface area contributed by atoms with E-state index < -0.39 is 0 Å². The lowest BCUT2D eigenvalue weighted by Gasteiger charge is -2.23. The first-order valence-electron chi connectivity index (χ1n) is 7.60. The van der Waals surface area contributed by atoms with Crippen molar-refractivity contribution in [2.45, 2.75) is 58.0 Å². The molecular formula is C16H24N2O2. The highest BCUT2D eigenvalue weighted by atomic mass is 16.6. The SMILES string of the molecule is CCCC(NC1CCC(C)C1)c1cccc([N+](=O)[O-])c1. The van der Waals surface area contributed by atoms with Gasteiger partial charge in [-0.2, -0.15) is 0 Å². The van der Waals surface area contributed by atoms with Crippen molar-refractivity contribution in [1.82, 2.24) is 5.32 Å². The Hall–Kier alpha value is -1.42. The van der Waals surface area contributed by atoms with Crippen molar-refractivity contribution in [1.29, 1.82) is 0 Å². The molecule has 110 valence electrons. The molecular weight excluding hydrogens is 252 g/mol. The summed E-state index contributed by atoms with van der Waals surface area (Å²) in [6.07, 6.45) is 5.81. The molecule has 0 radical (unpaired) electrons. The molecule has 1 aliphatic carbocycles. The number of hydrogen-bond donors (Lipinski definition) is 1. The van der Waals surface area contributed by atoms with Gasteiger partial charge < -0.3 is 5.32 Å². The topological polar surface area (TPSA) is 55.2 Å². The van der Waals surface area contributed by atoms with Gasteiger partial charge in [0, 0.05) is 24.2 Å². The number of nitro groups is 1. The van der Waals surface area contributed by atoms with Crippen molar-refractivity contribution in [3.63, 3.8) is 0 Å². The van der Waals surface area contributed by atoms with Gasteiger partial charge in [0.1, 0.15) is 0 Å². The predicted octanol–water partition coefficient (Wildman–Crippen LogP) is 4.21. The highest BCUT2D eigenvalue weighted by molar-refractivity contribution is 5.35. The third-order valence-corrected chi connectivity index (χ3v) is 4.19. The fraction of sp³-hybridized carbons (Fsp3) is 0.625. The van der Waals surface area contributed by atoms with Crippen LogP contribution >= 0.6 is 0 Å². The van der Waals surface area contributed by atoms with Crippen LogP contribution in [0.15, 0.2) is 24.3 Å². The number of rotatable bonds is 6. The van der Waals surface area contributed by atoms with Gasteiger partial charge in [-0.3, -0.25) is 10.1 Å². The van der Waals surface area contributed by atoms with E-state index in [9.17, 15) is 10.1 Å². The van der Waals surface area contributed by atoms with Gasteiger partial charge >= 0.3 is 0 Å². The smallest absolute Gasteiger partial charge is 0.269 e. The minimum atomic E-state index is -0.315. The Balaban J connectivity index is 2.11. The van der Waals surface area contributed by atoms with E-state index in [1.54, 1.807) is 18.2 Å². The van der Waals surface area contributed by atoms with Crippen LogP contribution in [-0.2, 0) is 0 Å². The summed E-state index contributed by atoms with van der Waals surface area (Å²) in [6, 6.07) is 7.85. The van der Waals surface area contributed by atoms with Gasteiger partial charge in [0.05, 0.1) is 4.92 Å². The maximum Gasteiger partial charge on any atom is 0.269 e. The molecule has 4 heteroatoms. The molecule has 0 saturated heterocycles.